The lowest BCUT2D eigenvalue weighted by molar-refractivity contribution is -0.133. The van der Waals surface area contributed by atoms with Crippen molar-refractivity contribution < 1.29 is 24.9 Å². The van der Waals surface area contributed by atoms with Crippen LogP contribution in [-0.2, 0) is 11.2 Å². The lowest BCUT2D eigenvalue weighted by Gasteiger charge is -2.33. The summed E-state index contributed by atoms with van der Waals surface area (Å²) in [5.41, 5.74) is 13.9. The molecule has 2 aromatic rings. The van der Waals surface area contributed by atoms with E-state index in [1.807, 2.05) is 17.0 Å². The molecule has 1 fully saturated rings. The van der Waals surface area contributed by atoms with Crippen LogP contribution in [0.5, 0.6) is 0 Å². The Morgan fingerprint density at radius 2 is 1.73 bits per heavy atom. The van der Waals surface area contributed by atoms with Crippen LogP contribution in [-0.4, -0.2) is 118 Å². The quantitative estimate of drug-likeness (QED) is 0.0828. The molecule has 1 aliphatic rings. The Balaban J connectivity index is 1.46. The third-order valence-electron chi connectivity index (χ3n) is 9.85. The number of carbonyl (C=O) groups is 2. The Bertz CT molecular complexity index is 1350. The van der Waals surface area contributed by atoms with Crippen molar-refractivity contribution in [3.05, 3.63) is 46.2 Å². The van der Waals surface area contributed by atoms with Crippen molar-refractivity contribution >= 4 is 35.1 Å². The minimum atomic E-state index is -0.940. The number of nitrogens with one attached hydrogen (secondary N) is 2. The van der Waals surface area contributed by atoms with Gasteiger partial charge in [0.1, 0.15) is 0 Å². The number of nitrogen functional groups attached to an aromatic ring is 2. The van der Waals surface area contributed by atoms with E-state index in [1.165, 1.54) is 17.5 Å². The van der Waals surface area contributed by atoms with Crippen LogP contribution in [0.4, 0.5) is 11.6 Å². The van der Waals surface area contributed by atoms with Crippen molar-refractivity contribution in [1.29, 1.82) is 0 Å². The number of halogens is 1. The molecule has 0 saturated carbocycles. The van der Waals surface area contributed by atoms with Crippen LogP contribution in [0.15, 0.2) is 24.3 Å². The first-order valence-electron chi connectivity index (χ1n) is 18.6. The molecule has 9 N–H and O–H groups in total. The predicted molar refractivity (Wildman–Crippen MR) is 202 cm³/mol. The van der Waals surface area contributed by atoms with Crippen molar-refractivity contribution in [2.75, 3.05) is 70.4 Å². The van der Waals surface area contributed by atoms with Gasteiger partial charge < -0.3 is 47.2 Å². The number of rotatable bonds is 23. The van der Waals surface area contributed by atoms with E-state index in [-0.39, 0.29) is 47.3 Å². The van der Waals surface area contributed by atoms with Gasteiger partial charge in [-0.2, -0.15) is 0 Å². The molecular formula is C37H61ClN8O5. The number of hydrogen-bond donors (Lipinski definition) is 7. The van der Waals surface area contributed by atoms with Crippen molar-refractivity contribution in [2.45, 2.75) is 90.3 Å². The average Bonchev–Trinajstić information content (AvgIpc) is 3.12. The number of amides is 2. The first-order chi connectivity index (χ1) is 24.5. The zero-order valence-corrected chi connectivity index (χ0v) is 31.3. The predicted octanol–water partition coefficient (Wildman–Crippen LogP) is 2.79. The second-order valence-electron chi connectivity index (χ2n) is 13.9. The molecule has 3 atom stereocenters. The summed E-state index contributed by atoms with van der Waals surface area (Å²) in [5, 5.41) is 35.9. The van der Waals surface area contributed by atoms with E-state index < -0.39 is 18.1 Å². The summed E-state index contributed by atoms with van der Waals surface area (Å²) in [6.07, 6.45) is 6.25. The molecule has 0 spiro atoms. The number of anilines is 2. The van der Waals surface area contributed by atoms with Gasteiger partial charge >= 0.3 is 0 Å². The number of aromatic nitrogens is 2. The molecule has 14 heteroatoms. The zero-order valence-electron chi connectivity index (χ0n) is 30.5. The van der Waals surface area contributed by atoms with E-state index in [1.54, 1.807) is 0 Å². The first-order valence-corrected chi connectivity index (χ1v) is 19.0. The van der Waals surface area contributed by atoms with Crippen LogP contribution >= 0.6 is 11.6 Å². The molecule has 13 nitrogen and oxygen atoms in total. The largest absolute Gasteiger partial charge is 0.396 e. The van der Waals surface area contributed by atoms with E-state index in [4.69, 9.17) is 28.2 Å². The molecule has 0 unspecified atom stereocenters. The molecule has 0 aliphatic carbocycles. The minimum absolute atomic E-state index is 0.0248. The highest BCUT2D eigenvalue weighted by Gasteiger charge is 2.24. The summed E-state index contributed by atoms with van der Waals surface area (Å²) < 4.78 is 0. The fourth-order valence-corrected chi connectivity index (χ4v) is 6.64. The average molecular weight is 733 g/mol. The number of hydrogen-bond acceptors (Lipinski definition) is 11. The number of unbranched alkanes of at least 4 members (excludes halogenated alkanes) is 3. The maximum atomic E-state index is 13.2. The Morgan fingerprint density at radius 3 is 2.43 bits per heavy atom. The van der Waals surface area contributed by atoms with Gasteiger partial charge in [-0.1, -0.05) is 62.1 Å². The molecule has 51 heavy (non-hydrogen) atoms. The topological polar surface area (TPSA) is 203 Å². The number of nitrogens with two attached hydrogens (primary N) is 2. The molecule has 286 valence electrons. The summed E-state index contributed by atoms with van der Waals surface area (Å²) in [4.78, 5) is 38.3. The Hall–Kier alpha value is -3.07. The molecule has 1 aromatic carbocycles. The molecule has 2 heterocycles. The molecule has 1 saturated heterocycles. The van der Waals surface area contributed by atoms with Crippen molar-refractivity contribution in [3.63, 3.8) is 0 Å². The maximum absolute atomic E-state index is 13.2. The maximum Gasteiger partial charge on any atom is 0.273 e. The van der Waals surface area contributed by atoms with E-state index in [2.05, 4.69) is 51.5 Å². The van der Waals surface area contributed by atoms with Crippen LogP contribution in [0, 0.1) is 18.8 Å². The van der Waals surface area contributed by atoms with Crippen molar-refractivity contribution in [3.8, 4) is 0 Å². The van der Waals surface area contributed by atoms with E-state index >= 15 is 0 Å². The van der Waals surface area contributed by atoms with Crippen LogP contribution in [0.1, 0.15) is 86.3 Å². The highest BCUT2D eigenvalue weighted by atomic mass is 35.5. The Kier molecular flexibility index (Phi) is 18.9. The van der Waals surface area contributed by atoms with Crippen LogP contribution in [0.3, 0.4) is 0 Å². The summed E-state index contributed by atoms with van der Waals surface area (Å²) >= 11 is 5.99. The number of nitrogens with zero attached hydrogens (tertiary/aromatic N) is 4. The van der Waals surface area contributed by atoms with Gasteiger partial charge in [0.15, 0.2) is 22.5 Å². The monoisotopic (exact) mass is 732 g/mol. The zero-order chi connectivity index (χ0) is 37.2. The van der Waals surface area contributed by atoms with Crippen LogP contribution in [0.25, 0.3) is 0 Å². The number of piperidine rings is 1. The Morgan fingerprint density at radius 1 is 1.00 bits per heavy atom. The highest BCUT2D eigenvalue weighted by Crippen LogP contribution is 2.20. The molecule has 0 bridgehead atoms. The number of benzene rings is 1. The highest BCUT2D eigenvalue weighted by molar-refractivity contribution is 6.31. The standard InChI is InChI=1S/C37H61ClN8O5/c1-3-4-5-8-16-45(17-13-30(48)31(49)15-21-47)18-14-32(50)46-19-11-27(12-20-46)23-41-24-28(22-29-10-7-6-9-26(29)2)25-42-37(51)33-35(39)44-36(40)34(38)43-33/h6-7,9-10,27-28,30-31,41,47-49H,3-5,8,11-25H2,1-2H3,(H,42,51)(H4,39,40,44)/t28-,30-,31-/m1/s1. The minimum Gasteiger partial charge on any atom is -0.396 e. The molecule has 1 aromatic heterocycles. The lowest BCUT2D eigenvalue weighted by Crippen LogP contribution is -2.43. The van der Waals surface area contributed by atoms with Gasteiger partial charge in [0.05, 0.1) is 12.2 Å². The second-order valence-corrected chi connectivity index (χ2v) is 14.3. The number of carbonyl (C=O) groups excluding carboxylic acids is 2. The summed E-state index contributed by atoms with van der Waals surface area (Å²) in [6.45, 7) is 9.54. The SMILES string of the molecule is CCCCCCN(CCC(=O)N1CCC(CNC[C@H](CNC(=O)c2nc(Cl)c(N)nc2N)Cc2ccccc2C)CC1)CC[C@@H](O)[C@H](O)CCO. The number of likely N-dealkylation sites (tertiary alicyclic amines) is 1. The third-order valence-corrected chi connectivity index (χ3v) is 10.1. The van der Waals surface area contributed by atoms with Gasteiger partial charge in [-0.05, 0) is 88.0 Å². The lowest BCUT2D eigenvalue weighted by atomic mass is 9.94. The van der Waals surface area contributed by atoms with Gasteiger partial charge in [0, 0.05) is 45.8 Å². The first kappa shape index (κ1) is 42.3. The Labute approximate surface area is 308 Å². The third kappa shape index (κ3) is 14.8. The van der Waals surface area contributed by atoms with E-state index in [9.17, 15) is 19.8 Å². The number of aliphatic hydroxyl groups excluding tert-OH is 3. The smallest absolute Gasteiger partial charge is 0.273 e. The van der Waals surface area contributed by atoms with Gasteiger partial charge in [0.25, 0.3) is 5.91 Å². The van der Waals surface area contributed by atoms with Crippen LogP contribution in [0.2, 0.25) is 5.15 Å². The summed E-state index contributed by atoms with van der Waals surface area (Å²) in [7, 11) is 0. The fourth-order valence-electron chi connectivity index (χ4n) is 6.52. The van der Waals surface area contributed by atoms with Crippen molar-refractivity contribution in [1.82, 2.24) is 30.4 Å². The van der Waals surface area contributed by atoms with Crippen molar-refractivity contribution in [2.24, 2.45) is 11.8 Å². The van der Waals surface area contributed by atoms with Gasteiger partial charge in [-0.15, -0.1) is 0 Å². The molecule has 0 radical (unpaired) electrons. The van der Waals surface area contributed by atoms with E-state index in [0.717, 1.165) is 64.7 Å². The van der Waals surface area contributed by atoms with Gasteiger partial charge in [-0.3, -0.25) is 9.59 Å². The normalized spacial score (nSPS) is 15.5. The fraction of sp³-hybridized carbons (Fsp3) is 0.676. The second kappa shape index (κ2) is 22.8. The van der Waals surface area contributed by atoms with E-state index in [0.29, 0.717) is 44.9 Å². The van der Waals surface area contributed by atoms with Gasteiger partial charge in [-0.25, -0.2) is 9.97 Å². The molecule has 3 rings (SSSR count). The summed E-state index contributed by atoms with van der Waals surface area (Å²) in [5.74, 6) is 0.141. The van der Waals surface area contributed by atoms with Crippen LogP contribution < -0.4 is 22.1 Å². The molecule has 2 amide bonds. The van der Waals surface area contributed by atoms with Gasteiger partial charge in [0.2, 0.25) is 5.91 Å². The number of aryl methyl sites for hydroxylation is 1. The number of aliphatic hydroxyl groups is 3. The molecular weight excluding hydrogens is 672 g/mol. The molecule has 1 aliphatic heterocycles. The summed E-state index contributed by atoms with van der Waals surface area (Å²) in [6, 6.07) is 8.23.